The molecule has 26 heavy (non-hydrogen) atoms. The molecule has 0 aromatic heterocycles. The first-order chi connectivity index (χ1) is 12.7. The molecule has 7 nitrogen and oxygen atoms in total. The van der Waals surface area contributed by atoms with E-state index in [0.29, 0.717) is 52.2 Å². The van der Waals surface area contributed by atoms with Gasteiger partial charge >= 0.3 is 0 Å². The highest BCUT2D eigenvalue weighted by Crippen LogP contribution is 2.11. The molecule has 7 heteroatoms. The highest BCUT2D eigenvalue weighted by molar-refractivity contribution is 5.90. The van der Waals surface area contributed by atoms with Crippen LogP contribution in [-0.2, 0) is 30.3 Å². The molecule has 2 N–H and O–H groups in total. The molecule has 0 heterocycles. The largest absolute Gasteiger partial charge is 0.379 e. The van der Waals surface area contributed by atoms with E-state index in [2.05, 4.69) is 10.6 Å². The van der Waals surface area contributed by atoms with Crippen LogP contribution in [0.3, 0.4) is 0 Å². The van der Waals surface area contributed by atoms with Gasteiger partial charge in [-0.15, -0.1) is 0 Å². The van der Waals surface area contributed by atoms with Crippen LogP contribution in [0, 0.1) is 0 Å². The molecule has 0 aliphatic rings. The Morgan fingerprint density at radius 3 is 2.35 bits per heavy atom. The summed E-state index contributed by atoms with van der Waals surface area (Å²) in [7, 11) is 0. The number of aryl methyl sites for hydroxylation is 1. The maximum atomic E-state index is 11.8. The lowest BCUT2D eigenvalue weighted by Gasteiger charge is -2.08. The lowest BCUT2D eigenvalue weighted by Crippen LogP contribution is -2.26. The number of hydrogen-bond donors (Lipinski definition) is 2. The number of carbonyl (C=O) groups excluding carboxylic acids is 3. The number of amides is 2. The molecule has 2 amide bonds. The van der Waals surface area contributed by atoms with E-state index < -0.39 is 0 Å². The molecule has 144 valence electrons. The van der Waals surface area contributed by atoms with Gasteiger partial charge in [0.05, 0.1) is 32.8 Å². The molecule has 0 bridgehead atoms. The van der Waals surface area contributed by atoms with Gasteiger partial charge in [0, 0.05) is 25.1 Å². The Kier molecular flexibility index (Phi) is 11.7. The lowest BCUT2D eigenvalue weighted by molar-refractivity contribution is -0.121. The fourth-order valence-corrected chi connectivity index (χ4v) is 2.08. The molecule has 0 fully saturated rings. The van der Waals surface area contributed by atoms with Crippen LogP contribution in [0.5, 0.6) is 0 Å². The smallest absolute Gasteiger partial charge is 0.226 e. The molecule has 1 rings (SSSR count). The van der Waals surface area contributed by atoms with E-state index in [-0.39, 0.29) is 18.2 Å². The summed E-state index contributed by atoms with van der Waals surface area (Å²) in [6.07, 6.45) is 2.83. The number of anilines is 1. The fourth-order valence-electron chi connectivity index (χ4n) is 2.08. The number of rotatable bonds is 14. The number of aldehydes is 1. The summed E-state index contributed by atoms with van der Waals surface area (Å²) >= 11 is 0. The normalized spacial score (nSPS) is 10.3. The Labute approximate surface area is 154 Å². The standard InChI is InChI=1S/C19H28N2O5/c1-2-18(23)20-10-13-26-15-14-25-12-9-19(24)21-17-7-5-16(6-8-17)4-3-11-22/h5-8,11H,2-4,9-10,12-15H2,1H3,(H,20,23)(H,21,24). The quantitative estimate of drug-likeness (QED) is 0.387. The van der Waals surface area contributed by atoms with Gasteiger partial charge in [0.2, 0.25) is 11.8 Å². The van der Waals surface area contributed by atoms with Crippen LogP contribution in [0.15, 0.2) is 24.3 Å². The number of ether oxygens (including phenoxy) is 2. The lowest BCUT2D eigenvalue weighted by atomic mass is 10.1. The summed E-state index contributed by atoms with van der Waals surface area (Å²) in [6.45, 7) is 3.87. The van der Waals surface area contributed by atoms with Gasteiger partial charge in [0.1, 0.15) is 6.29 Å². The zero-order valence-electron chi connectivity index (χ0n) is 15.3. The van der Waals surface area contributed by atoms with Gasteiger partial charge in [-0.05, 0) is 24.1 Å². The van der Waals surface area contributed by atoms with Crippen molar-refractivity contribution in [2.24, 2.45) is 0 Å². The number of hydrogen-bond acceptors (Lipinski definition) is 5. The van der Waals surface area contributed by atoms with Crippen molar-refractivity contribution in [2.45, 2.75) is 32.6 Å². The Balaban J connectivity index is 2.03. The molecule has 1 aromatic rings. The zero-order valence-corrected chi connectivity index (χ0v) is 15.3. The van der Waals surface area contributed by atoms with Crippen LogP contribution < -0.4 is 10.6 Å². The third-order valence-corrected chi connectivity index (χ3v) is 3.52. The van der Waals surface area contributed by atoms with Crippen LogP contribution in [0.4, 0.5) is 5.69 Å². The summed E-state index contributed by atoms with van der Waals surface area (Å²) in [5.74, 6) is -0.111. The van der Waals surface area contributed by atoms with Gasteiger partial charge in [-0.2, -0.15) is 0 Å². The second-order valence-electron chi connectivity index (χ2n) is 5.63. The van der Waals surface area contributed by atoms with E-state index in [9.17, 15) is 14.4 Å². The summed E-state index contributed by atoms with van der Waals surface area (Å²) < 4.78 is 10.7. The van der Waals surface area contributed by atoms with E-state index in [1.165, 1.54) is 0 Å². The number of benzene rings is 1. The second-order valence-corrected chi connectivity index (χ2v) is 5.63. The molecule has 0 atom stereocenters. The first-order valence-corrected chi connectivity index (χ1v) is 8.90. The molecule has 0 saturated carbocycles. The molecule has 0 saturated heterocycles. The van der Waals surface area contributed by atoms with Crippen LogP contribution >= 0.6 is 0 Å². The molecule has 0 radical (unpaired) electrons. The van der Waals surface area contributed by atoms with E-state index >= 15 is 0 Å². The third kappa shape index (κ3) is 10.6. The van der Waals surface area contributed by atoms with Crippen LogP contribution in [0.2, 0.25) is 0 Å². The maximum absolute atomic E-state index is 11.8. The molecular weight excluding hydrogens is 336 g/mol. The van der Waals surface area contributed by atoms with Gasteiger partial charge in [0.15, 0.2) is 0 Å². The summed E-state index contributed by atoms with van der Waals surface area (Å²) in [6, 6.07) is 7.44. The van der Waals surface area contributed by atoms with Crippen LogP contribution in [0.25, 0.3) is 0 Å². The zero-order chi connectivity index (χ0) is 19.0. The first-order valence-electron chi connectivity index (χ1n) is 8.90. The predicted octanol–water partition coefficient (Wildman–Crippen LogP) is 1.71. The Hall–Kier alpha value is -2.25. The molecule has 0 spiro atoms. The average Bonchev–Trinajstić information content (AvgIpc) is 2.65. The van der Waals surface area contributed by atoms with Gasteiger partial charge in [-0.1, -0.05) is 19.1 Å². The van der Waals surface area contributed by atoms with Crippen molar-refractivity contribution in [1.82, 2.24) is 5.32 Å². The molecule has 0 unspecified atom stereocenters. The Morgan fingerprint density at radius 2 is 1.69 bits per heavy atom. The van der Waals surface area contributed by atoms with Crippen molar-refractivity contribution >= 4 is 23.8 Å². The number of nitrogens with one attached hydrogen (secondary N) is 2. The Morgan fingerprint density at radius 1 is 1.00 bits per heavy atom. The van der Waals surface area contributed by atoms with E-state index in [1.807, 2.05) is 24.3 Å². The fraction of sp³-hybridized carbons (Fsp3) is 0.526. The van der Waals surface area contributed by atoms with Gasteiger partial charge in [-0.25, -0.2) is 0 Å². The van der Waals surface area contributed by atoms with Gasteiger partial charge in [-0.3, -0.25) is 9.59 Å². The van der Waals surface area contributed by atoms with Gasteiger partial charge < -0.3 is 24.9 Å². The minimum absolute atomic E-state index is 0.00599. The maximum Gasteiger partial charge on any atom is 0.226 e. The first kappa shape index (κ1) is 21.8. The second kappa shape index (κ2) is 14.0. The van der Waals surface area contributed by atoms with Crippen molar-refractivity contribution in [1.29, 1.82) is 0 Å². The minimum Gasteiger partial charge on any atom is -0.379 e. The topological polar surface area (TPSA) is 93.7 Å². The van der Waals surface area contributed by atoms with Crippen LogP contribution in [-0.4, -0.2) is 51.1 Å². The van der Waals surface area contributed by atoms with Crippen molar-refractivity contribution in [2.75, 3.05) is 38.3 Å². The van der Waals surface area contributed by atoms with Crippen molar-refractivity contribution in [3.8, 4) is 0 Å². The van der Waals surface area contributed by atoms with E-state index in [0.717, 1.165) is 17.5 Å². The predicted molar refractivity (Wildman–Crippen MR) is 99.0 cm³/mol. The van der Waals surface area contributed by atoms with E-state index in [4.69, 9.17) is 9.47 Å². The summed E-state index contributed by atoms with van der Waals surface area (Å²) in [4.78, 5) is 33.2. The molecule has 1 aromatic carbocycles. The summed E-state index contributed by atoms with van der Waals surface area (Å²) in [5.41, 5.74) is 1.79. The van der Waals surface area contributed by atoms with E-state index in [1.54, 1.807) is 6.92 Å². The average molecular weight is 364 g/mol. The molecular formula is C19H28N2O5. The molecule has 0 aliphatic heterocycles. The molecule has 0 aliphatic carbocycles. The summed E-state index contributed by atoms with van der Waals surface area (Å²) in [5, 5.41) is 5.51. The highest BCUT2D eigenvalue weighted by atomic mass is 16.5. The van der Waals surface area contributed by atoms with Crippen molar-refractivity contribution < 1.29 is 23.9 Å². The number of carbonyl (C=O) groups is 3. The Bertz CT molecular complexity index is 545. The third-order valence-electron chi connectivity index (χ3n) is 3.52. The monoisotopic (exact) mass is 364 g/mol. The van der Waals surface area contributed by atoms with Crippen molar-refractivity contribution in [3.05, 3.63) is 29.8 Å². The minimum atomic E-state index is -0.117. The SMILES string of the molecule is CCC(=O)NCCOCCOCCC(=O)Nc1ccc(CCC=O)cc1. The van der Waals surface area contributed by atoms with Crippen LogP contribution in [0.1, 0.15) is 31.7 Å². The highest BCUT2D eigenvalue weighted by Gasteiger charge is 2.03. The van der Waals surface area contributed by atoms with Gasteiger partial charge in [0.25, 0.3) is 0 Å². The van der Waals surface area contributed by atoms with Crippen molar-refractivity contribution in [3.63, 3.8) is 0 Å².